The van der Waals surface area contributed by atoms with Crippen LogP contribution in [0.1, 0.15) is 44.6 Å². The summed E-state index contributed by atoms with van der Waals surface area (Å²) in [5.74, 6) is 0.114. The molecule has 1 heterocycles. The van der Waals surface area contributed by atoms with Crippen LogP contribution in [0.4, 0.5) is 5.69 Å². The maximum Gasteiger partial charge on any atom is 0.193 e. The van der Waals surface area contributed by atoms with E-state index in [0.29, 0.717) is 0 Å². The summed E-state index contributed by atoms with van der Waals surface area (Å²) in [7, 11) is 0. The summed E-state index contributed by atoms with van der Waals surface area (Å²) in [6.07, 6.45) is 0. The van der Waals surface area contributed by atoms with Crippen LogP contribution in [-0.4, -0.2) is 5.78 Å². The lowest BCUT2D eigenvalue weighted by molar-refractivity contribution is 0.103. The number of ketones is 1. The van der Waals surface area contributed by atoms with Gasteiger partial charge in [0.05, 0.1) is 5.69 Å². The normalized spacial score (nSPS) is 18.2. The van der Waals surface area contributed by atoms with Gasteiger partial charge in [-0.1, -0.05) is 66.7 Å². The van der Waals surface area contributed by atoms with Crippen LogP contribution in [0.25, 0.3) is 0 Å². The van der Waals surface area contributed by atoms with Gasteiger partial charge in [0.1, 0.15) is 6.04 Å². The van der Waals surface area contributed by atoms with Crippen molar-refractivity contribution in [2.45, 2.75) is 12.0 Å². The lowest BCUT2D eigenvalue weighted by Crippen LogP contribution is -2.22. The quantitative estimate of drug-likeness (QED) is 0.609. The molecule has 0 amide bonds. The minimum atomic E-state index is -0.0865. The molecule has 0 bridgehead atoms. The van der Waals surface area contributed by atoms with E-state index in [2.05, 4.69) is 16.3 Å². The summed E-state index contributed by atoms with van der Waals surface area (Å²) < 4.78 is 0. The van der Waals surface area contributed by atoms with E-state index < -0.39 is 0 Å². The van der Waals surface area contributed by atoms with E-state index in [-0.39, 0.29) is 17.7 Å². The first-order valence-electron chi connectivity index (χ1n) is 8.07. The number of hydrogen-bond acceptors (Lipinski definition) is 3. The SMILES string of the molecule is O=C1c2ccccc2C([C@H]2N=Nc3ccccc32)c2ccccc21. The molecular weight excluding hydrogens is 296 g/mol. The van der Waals surface area contributed by atoms with E-state index in [4.69, 9.17) is 0 Å². The Kier molecular flexibility index (Phi) is 2.77. The molecule has 0 saturated carbocycles. The van der Waals surface area contributed by atoms with Crippen molar-refractivity contribution in [2.75, 3.05) is 0 Å². The van der Waals surface area contributed by atoms with Gasteiger partial charge in [0.15, 0.2) is 5.78 Å². The van der Waals surface area contributed by atoms with Crippen molar-refractivity contribution in [3.63, 3.8) is 0 Å². The van der Waals surface area contributed by atoms with Gasteiger partial charge >= 0.3 is 0 Å². The predicted octanol–water partition coefficient (Wildman–Crippen LogP) is 5.20. The Bertz CT molecular complexity index is 956. The molecule has 3 heteroatoms. The number of rotatable bonds is 1. The molecule has 0 unspecified atom stereocenters. The van der Waals surface area contributed by atoms with Crippen LogP contribution in [-0.2, 0) is 0 Å². The molecule has 5 rings (SSSR count). The molecule has 114 valence electrons. The van der Waals surface area contributed by atoms with Gasteiger partial charge in [-0.25, -0.2) is 0 Å². The highest BCUT2D eigenvalue weighted by Gasteiger charge is 2.38. The third-order valence-electron chi connectivity index (χ3n) is 4.94. The molecule has 1 aliphatic carbocycles. The monoisotopic (exact) mass is 310 g/mol. The predicted molar refractivity (Wildman–Crippen MR) is 91.9 cm³/mol. The summed E-state index contributed by atoms with van der Waals surface area (Å²) in [6.45, 7) is 0. The molecule has 0 radical (unpaired) electrons. The first-order valence-corrected chi connectivity index (χ1v) is 8.07. The van der Waals surface area contributed by atoms with Crippen molar-refractivity contribution in [3.05, 3.63) is 101 Å². The van der Waals surface area contributed by atoms with Crippen LogP contribution in [0.3, 0.4) is 0 Å². The number of fused-ring (bicyclic) bond motifs is 3. The second kappa shape index (κ2) is 4.96. The molecule has 0 saturated heterocycles. The fraction of sp³-hybridized carbons (Fsp3) is 0.0952. The summed E-state index contributed by atoms with van der Waals surface area (Å²) in [5.41, 5.74) is 5.70. The molecule has 3 aromatic carbocycles. The molecule has 3 nitrogen and oxygen atoms in total. The van der Waals surface area contributed by atoms with Gasteiger partial charge in [0.2, 0.25) is 0 Å². The summed E-state index contributed by atoms with van der Waals surface area (Å²) >= 11 is 0. The van der Waals surface area contributed by atoms with Crippen LogP contribution >= 0.6 is 0 Å². The van der Waals surface area contributed by atoms with E-state index in [1.165, 1.54) is 0 Å². The lowest BCUT2D eigenvalue weighted by atomic mass is 9.73. The topological polar surface area (TPSA) is 41.8 Å². The highest BCUT2D eigenvalue weighted by atomic mass is 16.1. The average Bonchev–Trinajstić information content (AvgIpc) is 3.06. The number of hydrogen-bond donors (Lipinski definition) is 0. The standard InChI is InChI=1S/C21H14N2O/c24-21-15-9-3-1-7-13(15)19(14-8-2-4-10-16(14)21)20-17-11-5-6-12-18(17)22-23-20/h1-12,19-20H/t20-/m0/s1. The zero-order valence-corrected chi connectivity index (χ0v) is 12.9. The van der Waals surface area contributed by atoms with Gasteiger partial charge in [-0.3, -0.25) is 4.79 Å². The number of azo groups is 1. The van der Waals surface area contributed by atoms with Crippen molar-refractivity contribution < 1.29 is 4.79 Å². The molecular formula is C21H14N2O. The summed E-state index contributed by atoms with van der Waals surface area (Å²) in [6, 6.07) is 23.7. The van der Waals surface area contributed by atoms with Crippen LogP contribution in [0.5, 0.6) is 0 Å². The Balaban J connectivity index is 1.77. The average molecular weight is 310 g/mol. The zero-order valence-electron chi connectivity index (χ0n) is 12.9. The second-order valence-corrected chi connectivity index (χ2v) is 6.20. The highest BCUT2D eigenvalue weighted by molar-refractivity contribution is 6.12. The third kappa shape index (κ3) is 1.75. The van der Waals surface area contributed by atoms with Gasteiger partial charge in [0, 0.05) is 22.6 Å². The fourth-order valence-electron chi connectivity index (χ4n) is 3.86. The van der Waals surface area contributed by atoms with E-state index in [0.717, 1.165) is 33.5 Å². The Morgan fingerprint density at radius 2 is 1.21 bits per heavy atom. The highest BCUT2D eigenvalue weighted by Crippen LogP contribution is 2.50. The minimum Gasteiger partial charge on any atom is -0.289 e. The summed E-state index contributed by atoms with van der Waals surface area (Å²) in [4.78, 5) is 12.9. The van der Waals surface area contributed by atoms with Crippen molar-refractivity contribution in [3.8, 4) is 0 Å². The third-order valence-corrected chi connectivity index (χ3v) is 4.94. The fourth-order valence-corrected chi connectivity index (χ4v) is 3.86. The lowest BCUT2D eigenvalue weighted by Gasteiger charge is -2.30. The van der Waals surface area contributed by atoms with E-state index in [9.17, 15) is 4.79 Å². The number of carbonyl (C=O) groups is 1. The largest absolute Gasteiger partial charge is 0.289 e. The van der Waals surface area contributed by atoms with Gasteiger partial charge in [-0.05, 0) is 17.2 Å². The number of benzene rings is 3. The number of carbonyl (C=O) groups excluding carboxylic acids is 1. The Morgan fingerprint density at radius 1 is 0.667 bits per heavy atom. The first-order chi connectivity index (χ1) is 11.8. The van der Waals surface area contributed by atoms with Crippen molar-refractivity contribution in [2.24, 2.45) is 10.2 Å². The number of nitrogens with zero attached hydrogens (tertiary/aromatic N) is 2. The van der Waals surface area contributed by atoms with Crippen molar-refractivity contribution >= 4 is 11.5 Å². The van der Waals surface area contributed by atoms with E-state index in [1.54, 1.807) is 0 Å². The molecule has 0 spiro atoms. The molecule has 2 aliphatic rings. The maximum absolute atomic E-state index is 12.9. The Hall–Kier alpha value is -3.07. The van der Waals surface area contributed by atoms with Crippen molar-refractivity contribution in [1.29, 1.82) is 0 Å². The smallest absolute Gasteiger partial charge is 0.193 e. The van der Waals surface area contributed by atoms with Gasteiger partial charge in [0.25, 0.3) is 0 Å². The zero-order chi connectivity index (χ0) is 16.1. The second-order valence-electron chi connectivity index (χ2n) is 6.20. The van der Waals surface area contributed by atoms with Crippen molar-refractivity contribution in [1.82, 2.24) is 0 Å². The molecule has 1 aliphatic heterocycles. The van der Waals surface area contributed by atoms with Gasteiger partial charge in [-0.15, -0.1) is 0 Å². The molecule has 3 aromatic rings. The van der Waals surface area contributed by atoms with Crippen LogP contribution in [0.2, 0.25) is 0 Å². The molecule has 0 fully saturated rings. The maximum atomic E-state index is 12.9. The molecule has 0 aromatic heterocycles. The van der Waals surface area contributed by atoms with Crippen LogP contribution in [0.15, 0.2) is 83.0 Å². The minimum absolute atomic E-state index is 0.0162. The van der Waals surface area contributed by atoms with Gasteiger partial charge in [-0.2, -0.15) is 10.2 Å². The van der Waals surface area contributed by atoms with E-state index in [1.807, 2.05) is 66.7 Å². The van der Waals surface area contributed by atoms with Gasteiger partial charge < -0.3 is 0 Å². The Labute approximate surface area is 139 Å². The van der Waals surface area contributed by atoms with E-state index >= 15 is 0 Å². The van der Waals surface area contributed by atoms with Crippen LogP contribution < -0.4 is 0 Å². The Morgan fingerprint density at radius 3 is 1.88 bits per heavy atom. The molecule has 24 heavy (non-hydrogen) atoms. The molecule has 0 N–H and O–H groups in total. The van der Waals surface area contributed by atoms with Crippen LogP contribution in [0, 0.1) is 0 Å². The molecule has 1 atom stereocenters. The summed E-state index contributed by atoms with van der Waals surface area (Å²) in [5, 5.41) is 8.92. The first kappa shape index (κ1) is 13.4.